The second-order valence-electron chi connectivity index (χ2n) is 11.3. The van der Waals surface area contributed by atoms with Crippen molar-refractivity contribution in [3.8, 4) is 0 Å². The van der Waals surface area contributed by atoms with E-state index in [0.717, 1.165) is 18.2 Å². The van der Waals surface area contributed by atoms with Crippen molar-refractivity contribution in [2.24, 2.45) is 5.73 Å². The number of sulfonamides is 1. The lowest BCUT2D eigenvalue weighted by Gasteiger charge is -2.40. The minimum atomic E-state index is -3.46. The molecule has 1 amide bonds. The monoisotopic (exact) mass is 634 g/mol. The van der Waals surface area contributed by atoms with Crippen LogP contribution in [0, 0.1) is 17.5 Å². The third-order valence-electron chi connectivity index (χ3n) is 8.09. The Hall–Kier alpha value is -2.96. The van der Waals surface area contributed by atoms with Gasteiger partial charge >= 0.3 is 0 Å². The highest BCUT2D eigenvalue weighted by atomic mass is 35.5. The van der Waals surface area contributed by atoms with Gasteiger partial charge in [0.1, 0.15) is 17.5 Å². The number of hydrogen-bond donors (Lipinski definition) is 3. The molecule has 3 aromatic carbocycles. The summed E-state index contributed by atoms with van der Waals surface area (Å²) in [5.74, 6) is -3.84. The fourth-order valence-corrected chi connectivity index (χ4v) is 8.24. The first-order valence-corrected chi connectivity index (χ1v) is 16.1. The van der Waals surface area contributed by atoms with E-state index in [4.69, 9.17) is 17.3 Å². The minimum Gasteiger partial charge on any atom is -0.324 e. The number of piperazine rings is 1. The zero-order valence-corrected chi connectivity index (χ0v) is 25.1. The Morgan fingerprint density at radius 1 is 1.05 bits per heavy atom. The Balaban J connectivity index is 1.38. The number of hydrogen-bond acceptors (Lipinski definition) is 5. The van der Waals surface area contributed by atoms with E-state index >= 15 is 4.39 Å². The van der Waals surface area contributed by atoms with E-state index in [1.165, 1.54) is 12.1 Å². The Morgan fingerprint density at radius 2 is 1.72 bits per heavy atom. The Labute approximate surface area is 254 Å². The van der Waals surface area contributed by atoms with Crippen LogP contribution in [0.3, 0.4) is 0 Å². The second kappa shape index (κ2) is 13.0. The van der Waals surface area contributed by atoms with Crippen LogP contribution in [0.4, 0.5) is 18.9 Å². The number of amides is 1. The Morgan fingerprint density at radius 3 is 2.37 bits per heavy atom. The third kappa shape index (κ3) is 7.07. The van der Waals surface area contributed by atoms with E-state index in [2.05, 4.69) is 10.6 Å². The summed E-state index contributed by atoms with van der Waals surface area (Å²) < 4.78 is 71.5. The maximum Gasteiger partial charge on any atom is 0.242 e. The van der Waals surface area contributed by atoms with Gasteiger partial charge in [-0.15, -0.1) is 0 Å². The molecule has 2 fully saturated rings. The lowest BCUT2D eigenvalue weighted by molar-refractivity contribution is -0.117. The van der Waals surface area contributed by atoms with Crippen molar-refractivity contribution >= 4 is 33.2 Å². The van der Waals surface area contributed by atoms with Crippen LogP contribution in [0.2, 0.25) is 5.02 Å². The Bertz CT molecular complexity index is 1570. The molecule has 3 aromatic rings. The molecule has 0 radical (unpaired) electrons. The van der Waals surface area contributed by atoms with Crippen LogP contribution in [0.15, 0.2) is 60.7 Å². The first-order chi connectivity index (χ1) is 20.5. The van der Waals surface area contributed by atoms with E-state index in [-0.39, 0.29) is 40.6 Å². The first kappa shape index (κ1) is 31.5. The molecule has 4 atom stereocenters. The minimum absolute atomic E-state index is 0.151. The van der Waals surface area contributed by atoms with E-state index in [9.17, 15) is 22.0 Å². The maximum atomic E-state index is 15.2. The van der Waals surface area contributed by atoms with Gasteiger partial charge in [-0.2, -0.15) is 4.31 Å². The molecule has 43 heavy (non-hydrogen) atoms. The molecule has 1 saturated carbocycles. The van der Waals surface area contributed by atoms with Crippen LogP contribution in [0.1, 0.15) is 48.8 Å². The van der Waals surface area contributed by atoms with Gasteiger partial charge in [0.15, 0.2) is 0 Å². The number of nitrogens with one attached hydrogen (secondary N) is 2. The van der Waals surface area contributed by atoms with Gasteiger partial charge in [-0.25, -0.2) is 21.6 Å². The summed E-state index contributed by atoms with van der Waals surface area (Å²) in [5, 5.41) is 6.05. The molecule has 0 spiro atoms. The van der Waals surface area contributed by atoms with Crippen molar-refractivity contribution < 1.29 is 26.4 Å². The fraction of sp³-hybridized carbons (Fsp3) is 0.387. The normalized spacial score (nSPS) is 20.9. The summed E-state index contributed by atoms with van der Waals surface area (Å²) in [7, 11) is -3.46. The molecule has 7 nitrogen and oxygen atoms in total. The quantitative estimate of drug-likeness (QED) is 0.293. The highest BCUT2D eigenvalue weighted by Gasteiger charge is 2.45. The highest BCUT2D eigenvalue weighted by molar-refractivity contribution is 7.90. The van der Waals surface area contributed by atoms with Gasteiger partial charge in [0.05, 0.1) is 11.3 Å². The van der Waals surface area contributed by atoms with Crippen LogP contribution < -0.4 is 16.4 Å². The lowest BCUT2D eigenvalue weighted by atomic mass is 9.84. The van der Waals surface area contributed by atoms with Crippen molar-refractivity contribution in [1.29, 1.82) is 0 Å². The molecule has 230 valence electrons. The zero-order chi connectivity index (χ0) is 30.9. The van der Waals surface area contributed by atoms with Crippen LogP contribution in [0.25, 0.3) is 0 Å². The number of nitrogens with zero attached hydrogens (tertiary/aromatic N) is 1. The number of carbonyl (C=O) groups is 1. The van der Waals surface area contributed by atoms with Crippen LogP contribution in [-0.4, -0.2) is 55.1 Å². The van der Waals surface area contributed by atoms with Gasteiger partial charge in [0.25, 0.3) is 0 Å². The van der Waals surface area contributed by atoms with Crippen molar-refractivity contribution in [3.05, 3.63) is 99.8 Å². The summed E-state index contributed by atoms with van der Waals surface area (Å²) in [6, 6.07) is 11.7. The van der Waals surface area contributed by atoms with Gasteiger partial charge in [0, 0.05) is 53.4 Å². The van der Waals surface area contributed by atoms with Crippen molar-refractivity contribution in [2.75, 3.05) is 18.4 Å². The molecule has 1 aliphatic carbocycles. The van der Waals surface area contributed by atoms with Gasteiger partial charge < -0.3 is 16.4 Å². The standard InChI is InChI=1S/C31H34ClF3N4O3S/c1-18-16-37-17-24(39(18)43(41,42)25-10-11-25)9-12-26-27(35)3-2-4-28(26)38-31(40)30(36)29(19-5-7-21(32)8-6-19)20-13-22(33)15-23(34)14-20/h2-8,13-15,18,24-25,29-30,37H,9-12,16-17,36H2,1H3,(H,38,40)/t18-,24-,29-,30-/m0/s1. The molecule has 0 bridgehead atoms. The van der Waals surface area contributed by atoms with E-state index in [1.807, 2.05) is 6.92 Å². The fourth-order valence-electron chi connectivity index (χ4n) is 5.86. The topological polar surface area (TPSA) is 105 Å². The summed E-state index contributed by atoms with van der Waals surface area (Å²) in [4.78, 5) is 13.5. The van der Waals surface area contributed by atoms with Gasteiger partial charge in [-0.3, -0.25) is 4.79 Å². The van der Waals surface area contributed by atoms with Crippen molar-refractivity contribution in [2.45, 2.75) is 61.9 Å². The predicted molar refractivity (Wildman–Crippen MR) is 161 cm³/mol. The highest BCUT2D eigenvalue weighted by Crippen LogP contribution is 2.35. The summed E-state index contributed by atoms with van der Waals surface area (Å²) in [5.41, 5.74) is 7.50. The van der Waals surface area contributed by atoms with Crippen molar-refractivity contribution in [1.82, 2.24) is 9.62 Å². The maximum absolute atomic E-state index is 15.2. The first-order valence-electron chi connectivity index (χ1n) is 14.2. The summed E-state index contributed by atoms with van der Waals surface area (Å²) >= 11 is 6.03. The second-order valence-corrected chi connectivity index (χ2v) is 13.8. The molecule has 12 heteroatoms. The number of benzene rings is 3. The number of halogens is 4. The molecular formula is C31H34ClF3N4O3S. The van der Waals surface area contributed by atoms with E-state index < -0.39 is 45.3 Å². The Kier molecular flexibility index (Phi) is 9.48. The number of anilines is 1. The van der Waals surface area contributed by atoms with Gasteiger partial charge in [-0.1, -0.05) is 29.8 Å². The average molecular weight is 635 g/mol. The largest absolute Gasteiger partial charge is 0.324 e. The van der Waals surface area contributed by atoms with E-state index in [0.29, 0.717) is 42.9 Å². The zero-order valence-electron chi connectivity index (χ0n) is 23.6. The molecule has 1 saturated heterocycles. The molecule has 1 aliphatic heterocycles. The molecular weight excluding hydrogens is 601 g/mol. The summed E-state index contributed by atoms with van der Waals surface area (Å²) in [6.07, 6.45) is 1.78. The van der Waals surface area contributed by atoms with Crippen LogP contribution in [-0.2, 0) is 21.2 Å². The van der Waals surface area contributed by atoms with Gasteiger partial charge in [0.2, 0.25) is 15.9 Å². The SMILES string of the molecule is C[C@H]1CNC[C@H](CCc2c(F)cccc2NC(=O)[C@@H](N)[C@@H](c2ccc(Cl)cc2)c2cc(F)cc(F)c2)N1S(=O)(=O)C1CC1. The molecule has 0 aromatic heterocycles. The smallest absolute Gasteiger partial charge is 0.242 e. The number of rotatable bonds is 10. The van der Waals surface area contributed by atoms with Crippen LogP contribution >= 0.6 is 11.6 Å². The molecule has 5 rings (SSSR count). The van der Waals surface area contributed by atoms with Gasteiger partial charge in [-0.05, 0) is 80.1 Å². The predicted octanol–water partition coefficient (Wildman–Crippen LogP) is 4.94. The van der Waals surface area contributed by atoms with E-state index in [1.54, 1.807) is 34.6 Å². The lowest BCUT2D eigenvalue weighted by Crippen LogP contribution is -2.59. The third-order valence-corrected chi connectivity index (χ3v) is 10.9. The summed E-state index contributed by atoms with van der Waals surface area (Å²) in [6.45, 7) is 2.83. The van der Waals surface area contributed by atoms with Crippen molar-refractivity contribution in [3.63, 3.8) is 0 Å². The molecule has 0 unspecified atom stereocenters. The molecule has 2 aliphatic rings. The number of carbonyl (C=O) groups excluding carboxylic acids is 1. The molecule has 4 N–H and O–H groups in total. The number of nitrogens with two attached hydrogens (primary N) is 1. The van der Waals surface area contributed by atoms with Crippen LogP contribution in [0.5, 0.6) is 0 Å². The average Bonchev–Trinajstić information content (AvgIpc) is 3.80. The molecule has 1 heterocycles.